The number of hydrogen-bond acceptors (Lipinski definition) is 6. The summed E-state index contributed by atoms with van der Waals surface area (Å²) in [6.07, 6.45) is 8.78. The molecule has 0 N–H and O–H groups in total. The van der Waals surface area contributed by atoms with Gasteiger partial charge in [0, 0.05) is 45.7 Å². The van der Waals surface area contributed by atoms with Crippen LogP contribution in [0.25, 0.3) is 43.6 Å². The van der Waals surface area contributed by atoms with Crippen molar-refractivity contribution >= 4 is 55.6 Å². The Bertz CT molecular complexity index is 1810. The van der Waals surface area contributed by atoms with E-state index >= 15 is 0 Å². The first-order chi connectivity index (χ1) is 21.6. The van der Waals surface area contributed by atoms with E-state index in [0.717, 1.165) is 95.2 Å². The number of pyridine rings is 2. The van der Waals surface area contributed by atoms with Crippen LogP contribution in [0.5, 0.6) is 0 Å². The van der Waals surface area contributed by atoms with Crippen LogP contribution in [0.1, 0.15) is 73.3 Å². The Balaban J connectivity index is 0.960. The molecule has 0 unspecified atom stereocenters. The molecule has 0 saturated heterocycles. The summed E-state index contributed by atoms with van der Waals surface area (Å²) in [7, 11) is 0. The highest BCUT2D eigenvalue weighted by Crippen LogP contribution is 2.30. The minimum atomic E-state index is -0.407. The number of para-hydroxylation sites is 2. The molecule has 8 nitrogen and oxygen atoms in total. The van der Waals surface area contributed by atoms with Gasteiger partial charge in [0.05, 0.1) is 36.6 Å². The number of carbonyl (C=O) groups excluding carboxylic acids is 2. The summed E-state index contributed by atoms with van der Waals surface area (Å²) >= 11 is 0. The van der Waals surface area contributed by atoms with E-state index in [1.165, 1.54) is 0 Å². The molecule has 0 atom stereocenters. The van der Waals surface area contributed by atoms with E-state index in [2.05, 4.69) is 57.2 Å². The number of rotatable bonds is 13. The highest BCUT2D eigenvalue weighted by molar-refractivity contribution is 6.10. The van der Waals surface area contributed by atoms with Gasteiger partial charge in [-0.3, -0.25) is 0 Å². The Morgan fingerprint density at radius 1 is 0.591 bits per heavy atom. The van der Waals surface area contributed by atoms with Gasteiger partial charge in [0.2, 0.25) is 0 Å². The number of aromatic nitrogens is 4. The zero-order valence-electron chi connectivity index (χ0n) is 25.4. The fourth-order valence-corrected chi connectivity index (χ4v) is 6.08. The third-order valence-electron chi connectivity index (χ3n) is 8.14. The molecule has 0 amide bonds. The van der Waals surface area contributed by atoms with Crippen LogP contribution in [0.15, 0.2) is 73.1 Å². The van der Waals surface area contributed by atoms with Crippen molar-refractivity contribution < 1.29 is 19.1 Å². The molecule has 2 aromatic carbocycles. The van der Waals surface area contributed by atoms with Crippen LogP contribution in [-0.4, -0.2) is 44.3 Å². The van der Waals surface area contributed by atoms with E-state index in [0.29, 0.717) is 24.6 Å². The fraction of sp³-hybridized carbons (Fsp3) is 0.333. The molecule has 0 bridgehead atoms. The lowest BCUT2D eigenvalue weighted by molar-refractivity contribution is 0.0467. The van der Waals surface area contributed by atoms with Crippen molar-refractivity contribution in [2.45, 2.75) is 65.5 Å². The van der Waals surface area contributed by atoms with Crippen molar-refractivity contribution in [1.82, 2.24) is 19.1 Å². The van der Waals surface area contributed by atoms with E-state index in [-0.39, 0.29) is 0 Å². The topological polar surface area (TPSA) is 88.2 Å². The first-order valence-corrected chi connectivity index (χ1v) is 15.7. The lowest BCUT2D eigenvalue weighted by atomic mass is 10.1. The smallest absolute Gasteiger partial charge is 0.356 e. The van der Waals surface area contributed by atoms with E-state index in [4.69, 9.17) is 9.47 Å². The summed E-state index contributed by atoms with van der Waals surface area (Å²) in [5.74, 6) is -0.814. The molecule has 6 aromatic rings. The quantitative estimate of drug-likeness (QED) is 0.0998. The second-order valence-corrected chi connectivity index (χ2v) is 11.2. The van der Waals surface area contributed by atoms with E-state index in [1.807, 2.05) is 36.4 Å². The van der Waals surface area contributed by atoms with Gasteiger partial charge < -0.3 is 18.6 Å². The van der Waals surface area contributed by atoms with Gasteiger partial charge in [0.1, 0.15) is 11.4 Å². The number of aryl methyl sites for hydroxylation is 2. The summed E-state index contributed by atoms with van der Waals surface area (Å²) in [6.45, 7) is 6.74. The molecule has 44 heavy (non-hydrogen) atoms. The van der Waals surface area contributed by atoms with Crippen LogP contribution in [0.4, 0.5) is 0 Å². The molecular weight excluding hydrogens is 552 g/mol. The van der Waals surface area contributed by atoms with Gasteiger partial charge >= 0.3 is 11.9 Å². The van der Waals surface area contributed by atoms with Crippen LogP contribution in [0, 0.1) is 0 Å². The molecule has 8 heteroatoms. The fourth-order valence-electron chi connectivity index (χ4n) is 6.08. The SMILES string of the molecule is CCCn1c2ccccc2c2cc(C(=O)OCCCCCCOC(=O)c3cc4c5ccccc5n(CCC)c4cn3)ncc21. The van der Waals surface area contributed by atoms with Gasteiger partial charge in [-0.05, 0) is 62.8 Å². The first kappa shape index (κ1) is 29.4. The zero-order valence-corrected chi connectivity index (χ0v) is 25.4. The van der Waals surface area contributed by atoms with Crippen molar-refractivity contribution in [3.8, 4) is 0 Å². The minimum absolute atomic E-state index is 0.325. The van der Waals surface area contributed by atoms with Crippen molar-refractivity contribution in [2.75, 3.05) is 13.2 Å². The van der Waals surface area contributed by atoms with Crippen molar-refractivity contribution in [3.63, 3.8) is 0 Å². The molecule has 0 aliphatic rings. The van der Waals surface area contributed by atoms with Crippen LogP contribution < -0.4 is 0 Å². The Morgan fingerprint density at radius 2 is 1.02 bits per heavy atom. The molecule has 226 valence electrons. The van der Waals surface area contributed by atoms with Gasteiger partial charge in [-0.15, -0.1) is 0 Å². The molecular formula is C36H38N4O4. The molecule has 0 spiro atoms. The summed E-state index contributed by atoms with van der Waals surface area (Å²) in [4.78, 5) is 34.3. The number of fused-ring (bicyclic) bond motifs is 6. The Morgan fingerprint density at radius 3 is 1.45 bits per heavy atom. The zero-order chi connectivity index (χ0) is 30.5. The Kier molecular flexibility index (Phi) is 8.86. The normalized spacial score (nSPS) is 11.6. The van der Waals surface area contributed by atoms with Gasteiger partial charge in [0.15, 0.2) is 0 Å². The monoisotopic (exact) mass is 590 g/mol. The van der Waals surface area contributed by atoms with Crippen LogP contribution in [0.2, 0.25) is 0 Å². The maximum atomic E-state index is 12.7. The predicted molar refractivity (Wildman–Crippen MR) is 174 cm³/mol. The summed E-state index contributed by atoms with van der Waals surface area (Å²) in [6, 6.07) is 20.2. The van der Waals surface area contributed by atoms with Crippen LogP contribution in [-0.2, 0) is 22.6 Å². The van der Waals surface area contributed by atoms with Crippen molar-refractivity contribution in [2.24, 2.45) is 0 Å². The molecule has 4 heterocycles. The Hall–Kier alpha value is -4.72. The number of nitrogens with zero attached hydrogens (tertiary/aromatic N) is 4. The van der Waals surface area contributed by atoms with Gasteiger partial charge in [-0.25, -0.2) is 19.6 Å². The summed E-state index contributed by atoms with van der Waals surface area (Å²) in [5, 5.41) is 4.26. The number of carbonyl (C=O) groups is 2. The third kappa shape index (κ3) is 5.76. The molecule has 4 aromatic heterocycles. The molecule has 0 fully saturated rings. The van der Waals surface area contributed by atoms with Gasteiger partial charge in [0.25, 0.3) is 0 Å². The number of hydrogen-bond donors (Lipinski definition) is 0. The van der Waals surface area contributed by atoms with E-state index in [1.54, 1.807) is 12.4 Å². The molecule has 0 radical (unpaired) electrons. The average molecular weight is 591 g/mol. The van der Waals surface area contributed by atoms with Gasteiger partial charge in [-0.1, -0.05) is 50.2 Å². The van der Waals surface area contributed by atoms with E-state index < -0.39 is 11.9 Å². The van der Waals surface area contributed by atoms with Crippen molar-refractivity contribution in [3.05, 3.63) is 84.4 Å². The molecule has 0 saturated carbocycles. The summed E-state index contributed by atoms with van der Waals surface area (Å²) in [5.41, 5.74) is 5.00. The highest BCUT2D eigenvalue weighted by atomic mass is 16.5. The number of esters is 2. The van der Waals surface area contributed by atoms with E-state index in [9.17, 15) is 9.59 Å². The second-order valence-electron chi connectivity index (χ2n) is 11.2. The number of unbranched alkanes of at least 4 members (excludes halogenated alkanes) is 3. The number of benzene rings is 2. The molecule has 0 aliphatic heterocycles. The highest BCUT2D eigenvalue weighted by Gasteiger charge is 2.17. The minimum Gasteiger partial charge on any atom is -0.461 e. The van der Waals surface area contributed by atoms with Crippen LogP contribution >= 0.6 is 0 Å². The average Bonchev–Trinajstić information content (AvgIpc) is 3.54. The van der Waals surface area contributed by atoms with Crippen molar-refractivity contribution in [1.29, 1.82) is 0 Å². The summed E-state index contributed by atoms with van der Waals surface area (Å²) < 4.78 is 15.6. The maximum absolute atomic E-state index is 12.7. The first-order valence-electron chi connectivity index (χ1n) is 15.7. The lowest BCUT2D eigenvalue weighted by Crippen LogP contribution is -2.09. The maximum Gasteiger partial charge on any atom is 0.356 e. The largest absolute Gasteiger partial charge is 0.461 e. The molecule has 0 aliphatic carbocycles. The van der Waals surface area contributed by atoms with Gasteiger partial charge in [-0.2, -0.15) is 0 Å². The third-order valence-corrected chi connectivity index (χ3v) is 8.14. The Labute approximate surface area is 256 Å². The molecule has 6 rings (SSSR count). The van der Waals surface area contributed by atoms with Crippen LogP contribution in [0.3, 0.4) is 0 Å². The standard InChI is InChI=1S/C36H38N4O4/c1-3-17-39-31-15-9-7-13-25(31)27-21-29(37-23-33(27)39)35(41)43-19-11-5-6-12-20-44-36(42)30-22-28-26-14-8-10-16-32(26)40(18-4-2)34(28)24-38-30/h7-10,13-16,21-24H,3-6,11-12,17-20H2,1-2H3. The predicted octanol–water partition coefficient (Wildman–Crippen LogP) is 8.09. The number of ether oxygens (including phenoxy) is 2. The lowest BCUT2D eigenvalue weighted by Gasteiger charge is -2.07. The second kappa shape index (κ2) is 13.3.